The lowest BCUT2D eigenvalue weighted by atomic mass is 10.2. The van der Waals surface area contributed by atoms with Gasteiger partial charge in [-0.1, -0.05) is 0 Å². The minimum absolute atomic E-state index is 0.124. The smallest absolute Gasteiger partial charge is 0.433 e. The van der Waals surface area contributed by atoms with Crippen molar-refractivity contribution in [2.45, 2.75) is 18.7 Å². The SMILES string of the molecule is N#Cc1ccc(C(F)(F)F)nc1OC(CCN)c1ncco1. The molecule has 0 aliphatic carbocycles. The fourth-order valence-corrected chi connectivity index (χ4v) is 1.69. The molecule has 9 heteroatoms. The highest BCUT2D eigenvalue weighted by Crippen LogP contribution is 2.31. The third kappa shape index (κ3) is 3.53. The Labute approximate surface area is 123 Å². The number of aromatic nitrogens is 2. The van der Waals surface area contributed by atoms with E-state index in [1.54, 1.807) is 6.07 Å². The number of hydrogen-bond acceptors (Lipinski definition) is 6. The molecular weight excluding hydrogens is 301 g/mol. The van der Waals surface area contributed by atoms with Gasteiger partial charge in [0.15, 0.2) is 6.10 Å². The highest BCUT2D eigenvalue weighted by Gasteiger charge is 2.34. The first-order valence-electron chi connectivity index (χ1n) is 6.20. The molecule has 2 heterocycles. The number of hydrogen-bond donors (Lipinski definition) is 1. The van der Waals surface area contributed by atoms with Crippen LogP contribution in [0, 0.1) is 11.3 Å². The van der Waals surface area contributed by atoms with E-state index >= 15 is 0 Å². The molecule has 2 aromatic rings. The lowest BCUT2D eigenvalue weighted by molar-refractivity contribution is -0.141. The van der Waals surface area contributed by atoms with Gasteiger partial charge in [0.2, 0.25) is 11.8 Å². The molecule has 22 heavy (non-hydrogen) atoms. The Kier molecular flexibility index (Phi) is 4.62. The van der Waals surface area contributed by atoms with Crippen LogP contribution in [0.15, 0.2) is 29.0 Å². The topological polar surface area (TPSA) is 98.0 Å². The first kappa shape index (κ1) is 15.8. The van der Waals surface area contributed by atoms with Gasteiger partial charge in [-0.25, -0.2) is 9.97 Å². The number of nitrogens with two attached hydrogens (primary N) is 1. The van der Waals surface area contributed by atoms with E-state index in [2.05, 4.69) is 9.97 Å². The highest BCUT2D eigenvalue weighted by molar-refractivity contribution is 5.39. The molecule has 0 aromatic carbocycles. The summed E-state index contributed by atoms with van der Waals surface area (Å²) in [5.74, 6) is -0.289. The first-order chi connectivity index (χ1) is 10.5. The largest absolute Gasteiger partial charge is 0.463 e. The molecule has 2 rings (SSSR count). The van der Waals surface area contributed by atoms with Crippen LogP contribution < -0.4 is 10.5 Å². The van der Waals surface area contributed by atoms with Crippen LogP contribution in [0.5, 0.6) is 5.88 Å². The van der Waals surface area contributed by atoms with E-state index in [4.69, 9.17) is 20.1 Å². The second-order valence-corrected chi connectivity index (χ2v) is 4.21. The van der Waals surface area contributed by atoms with E-state index in [0.29, 0.717) is 6.07 Å². The van der Waals surface area contributed by atoms with Crippen LogP contribution in [-0.4, -0.2) is 16.5 Å². The van der Waals surface area contributed by atoms with Crippen molar-refractivity contribution in [1.82, 2.24) is 9.97 Å². The molecule has 1 atom stereocenters. The molecule has 0 fully saturated rings. The molecule has 116 valence electrons. The maximum atomic E-state index is 12.7. The van der Waals surface area contributed by atoms with Crippen molar-refractivity contribution in [3.8, 4) is 11.9 Å². The predicted octanol–water partition coefficient (Wildman–Crippen LogP) is 2.43. The predicted molar refractivity (Wildman–Crippen MR) is 67.5 cm³/mol. The number of ether oxygens (including phenoxy) is 1. The van der Waals surface area contributed by atoms with Gasteiger partial charge in [-0.15, -0.1) is 0 Å². The summed E-state index contributed by atoms with van der Waals surface area (Å²) in [6.45, 7) is 0.188. The third-order valence-corrected chi connectivity index (χ3v) is 2.68. The molecule has 0 spiro atoms. The monoisotopic (exact) mass is 312 g/mol. The fraction of sp³-hybridized carbons (Fsp3) is 0.308. The van der Waals surface area contributed by atoms with Crippen LogP contribution in [0.4, 0.5) is 13.2 Å². The number of oxazole rings is 1. The Bertz CT molecular complexity index is 665. The summed E-state index contributed by atoms with van der Waals surface area (Å²) >= 11 is 0. The van der Waals surface area contributed by atoms with Crippen molar-refractivity contribution >= 4 is 0 Å². The van der Waals surface area contributed by atoms with Crippen molar-refractivity contribution in [2.24, 2.45) is 5.73 Å². The molecule has 0 aliphatic heterocycles. The van der Waals surface area contributed by atoms with Crippen LogP contribution in [0.2, 0.25) is 0 Å². The molecule has 0 aliphatic rings. The number of pyridine rings is 1. The van der Waals surface area contributed by atoms with Gasteiger partial charge in [0.25, 0.3) is 0 Å². The molecule has 0 amide bonds. The summed E-state index contributed by atoms with van der Waals surface area (Å²) in [7, 11) is 0. The number of halogens is 3. The normalized spacial score (nSPS) is 12.7. The second-order valence-electron chi connectivity index (χ2n) is 4.21. The van der Waals surface area contributed by atoms with Gasteiger partial charge in [0.1, 0.15) is 23.6 Å². The molecule has 0 bridgehead atoms. The quantitative estimate of drug-likeness (QED) is 0.910. The summed E-state index contributed by atoms with van der Waals surface area (Å²) in [5.41, 5.74) is 4.17. The van der Waals surface area contributed by atoms with Crippen molar-refractivity contribution < 1.29 is 22.3 Å². The van der Waals surface area contributed by atoms with Crippen LogP contribution in [0.3, 0.4) is 0 Å². The second kappa shape index (κ2) is 6.44. The minimum Gasteiger partial charge on any atom is -0.463 e. The number of rotatable bonds is 5. The van der Waals surface area contributed by atoms with E-state index in [1.165, 1.54) is 12.5 Å². The summed E-state index contributed by atoms with van der Waals surface area (Å²) in [6.07, 6.45) is -2.56. The van der Waals surface area contributed by atoms with E-state index in [0.717, 1.165) is 6.07 Å². The van der Waals surface area contributed by atoms with Gasteiger partial charge in [0.05, 0.1) is 6.20 Å². The lowest BCUT2D eigenvalue weighted by Gasteiger charge is -2.16. The number of nitrogens with zero attached hydrogens (tertiary/aromatic N) is 3. The first-order valence-corrected chi connectivity index (χ1v) is 6.20. The Hall–Kier alpha value is -2.60. The number of alkyl halides is 3. The Morgan fingerprint density at radius 1 is 1.41 bits per heavy atom. The van der Waals surface area contributed by atoms with Crippen molar-refractivity contribution in [1.29, 1.82) is 5.26 Å². The zero-order valence-electron chi connectivity index (χ0n) is 11.2. The average Bonchev–Trinajstić information content (AvgIpc) is 3.00. The number of nitriles is 1. The lowest BCUT2D eigenvalue weighted by Crippen LogP contribution is -2.16. The van der Waals surface area contributed by atoms with E-state index in [9.17, 15) is 13.2 Å². The standard InChI is InChI=1S/C13H11F3N4O2/c14-13(15,16)10-2-1-8(7-18)11(20-10)22-9(3-4-17)12-19-5-6-21-12/h1-2,5-6,9H,3-4,17H2. The van der Waals surface area contributed by atoms with Crippen molar-refractivity contribution in [3.63, 3.8) is 0 Å². The molecule has 0 saturated carbocycles. The minimum atomic E-state index is -4.64. The van der Waals surface area contributed by atoms with Crippen LogP contribution >= 0.6 is 0 Å². The van der Waals surface area contributed by atoms with Gasteiger partial charge in [-0.2, -0.15) is 18.4 Å². The van der Waals surface area contributed by atoms with Crippen LogP contribution in [-0.2, 0) is 6.18 Å². The summed E-state index contributed by atoms with van der Waals surface area (Å²) in [5, 5.41) is 8.97. The highest BCUT2D eigenvalue weighted by atomic mass is 19.4. The molecule has 6 nitrogen and oxygen atoms in total. The summed E-state index contributed by atoms with van der Waals surface area (Å²) in [6, 6.07) is 3.45. The van der Waals surface area contributed by atoms with Gasteiger partial charge in [-0.05, 0) is 18.7 Å². The van der Waals surface area contributed by atoms with E-state index in [1.807, 2.05) is 0 Å². The van der Waals surface area contributed by atoms with Gasteiger partial charge >= 0.3 is 6.18 Å². The van der Waals surface area contributed by atoms with Crippen molar-refractivity contribution in [2.75, 3.05) is 6.54 Å². The fourth-order valence-electron chi connectivity index (χ4n) is 1.69. The van der Waals surface area contributed by atoms with Gasteiger partial charge in [0, 0.05) is 6.42 Å². The maximum absolute atomic E-state index is 12.7. The molecule has 2 N–H and O–H groups in total. The van der Waals surface area contributed by atoms with E-state index in [-0.39, 0.29) is 24.4 Å². The van der Waals surface area contributed by atoms with E-state index < -0.39 is 23.9 Å². The summed E-state index contributed by atoms with van der Waals surface area (Å²) in [4.78, 5) is 7.24. The maximum Gasteiger partial charge on any atom is 0.433 e. The molecule has 1 unspecified atom stereocenters. The zero-order chi connectivity index (χ0) is 16.2. The van der Waals surface area contributed by atoms with Crippen LogP contribution in [0.1, 0.15) is 29.7 Å². The molecule has 2 aromatic heterocycles. The van der Waals surface area contributed by atoms with Crippen molar-refractivity contribution in [3.05, 3.63) is 41.7 Å². The molecule has 0 saturated heterocycles. The average molecular weight is 312 g/mol. The molecule has 0 radical (unpaired) electrons. The molecular formula is C13H11F3N4O2. The third-order valence-electron chi connectivity index (χ3n) is 2.68. The Morgan fingerprint density at radius 2 is 2.18 bits per heavy atom. The van der Waals surface area contributed by atoms with Gasteiger partial charge < -0.3 is 14.9 Å². The zero-order valence-corrected chi connectivity index (χ0v) is 11.2. The van der Waals surface area contributed by atoms with Gasteiger partial charge in [-0.3, -0.25) is 0 Å². The van der Waals surface area contributed by atoms with Crippen LogP contribution in [0.25, 0.3) is 0 Å². The Morgan fingerprint density at radius 3 is 2.73 bits per heavy atom. The Balaban J connectivity index is 2.35. The summed E-state index contributed by atoms with van der Waals surface area (Å²) < 4.78 is 48.6.